The Morgan fingerprint density at radius 3 is 2.32 bits per heavy atom. The minimum atomic E-state index is -1.03. The van der Waals surface area contributed by atoms with Gasteiger partial charge in [-0.3, -0.25) is 0 Å². The summed E-state index contributed by atoms with van der Waals surface area (Å²) in [6.07, 6.45) is 0. The van der Waals surface area contributed by atoms with Crippen molar-refractivity contribution in [2.75, 3.05) is 6.61 Å². The Balaban J connectivity index is 2.18. The van der Waals surface area contributed by atoms with Crippen LogP contribution in [0.25, 0.3) is 22.4 Å². The van der Waals surface area contributed by atoms with Gasteiger partial charge in [-0.25, -0.2) is 9.59 Å². The standard InChI is InChI=1S/C18H15N3O4/c1-2-25-18(24)16-15(19-21-20-16)13-9-5-3-7-11(13)12-8-4-6-10-14(12)17(22)23/h3-10H,2H2,1H3,(H,22,23)(H,19,20,21). The van der Waals surface area contributed by atoms with Crippen LogP contribution in [0.3, 0.4) is 0 Å². The minimum absolute atomic E-state index is 0.0575. The van der Waals surface area contributed by atoms with E-state index >= 15 is 0 Å². The van der Waals surface area contributed by atoms with Gasteiger partial charge in [-0.05, 0) is 24.1 Å². The van der Waals surface area contributed by atoms with Crippen molar-refractivity contribution in [2.45, 2.75) is 6.92 Å². The zero-order valence-corrected chi connectivity index (χ0v) is 13.4. The quantitative estimate of drug-likeness (QED) is 0.693. The molecule has 0 amide bonds. The molecule has 7 nitrogen and oxygen atoms in total. The van der Waals surface area contributed by atoms with Crippen LogP contribution in [0.5, 0.6) is 0 Å². The molecule has 0 spiro atoms. The number of benzene rings is 2. The largest absolute Gasteiger partial charge is 0.478 e. The third-order valence-corrected chi connectivity index (χ3v) is 3.65. The van der Waals surface area contributed by atoms with Gasteiger partial charge in [-0.15, -0.1) is 5.10 Å². The number of ether oxygens (including phenoxy) is 1. The maximum Gasteiger partial charge on any atom is 0.361 e. The number of nitrogens with zero attached hydrogens (tertiary/aromatic N) is 2. The number of aromatic amines is 1. The molecule has 1 heterocycles. The lowest BCUT2D eigenvalue weighted by atomic mass is 9.93. The lowest BCUT2D eigenvalue weighted by Gasteiger charge is -2.11. The van der Waals surface area contributed by atoms with Crippen molar-refractivity contribution in [3.05, 3.63) is 59.8 Å². The van der Waals surface area contributed by atoms with Crippen LogP contribution in [0.15, 0.2) is 48.5 Å². The molecule has 2 aromatic carbocycles. The molecule has 0 aliphatic heterocycles. The van der Waals surface area contributed by atoms with Crippen molar-refractivity contribution in [3.8, 4) is 22.4 Å². The second-order valence-corrected chi connectivity index (χ2v) is 5.14. The highest BCUT2D eigenvalue weighted by molar-refractivity contribution is 6.01. The van der Waals surface area contributed by atoms with Crippen LogP contribution in [0, 0.1) is 0 Å². The normalized spacial score (nSPS) is 10.4. The van der Waals surface area contributed by atoms with Crippen LogP contribution in [0.1, 0.15) is 27.8 Å². The van der Waals surface area contributed by atoms with Crippen LogP contribution in [0.4, 0.5) is 0 Å². The summed E-state index contributed by atoms with van der Waals surface area (Å²) in [4.78, 5) is 23.6. The highest BCUT2D eigenvalue weighted by atomic mass is 16.5. The average Bonchev–Trinajstić information content (AvgIpc) is 3.11. The summed E-state index contributed by atoms with van der Waals surface area (Å²) >= 11 is 0. The number of hydrogen-bond donors (Lipinski definition) is 2. The molecular formula is C18H15N3O4. The molecule has 0 radical (unpaired) electrons. The Bertz CT molecular complexity index is 933. The summed E-state index contributed by atoms with van der Waals surface area (Å²) in [7, 11) is 0. The lowest BCUT2D eigenvalue weighted by Crippen LogP contribution is -2.07. The number of carbonyl (C=O) groups is 2. The Hall–Kier alpha value is -3.48. The smallest absolute Gasteiger partial charge is 0.361 e. The fourth-order valence-corrected chi connectivity index (χ4v) is 2.59. The maximum absolute atomic E-state index is 12.1. The molecule has 0 fully saturated rings. The number of carboxylic acids is 1. The Morgan fingerprint density at radius 1 is 1.00 bits per heavy atom. The number of esters is 1. The Kier molecular flexibility index (Phi) is 4.56. The average molecular weight is 337 g/mol. The first-order chi connectivity index (χ1) is 12.1. The summed E-state index contributed by atoms with van der Waals surface area (Å²) in [5.41, 5.74) is 2.30. The molecule has 0 saturated carbocycles. The summed E-state index contributed by atoms with van der Waals surface area (Å²) in [5, 5.41) is 19.8. The van der Waals surface area contributed by atoms with E-state index in [1.807, 2.05) is 0 Å². The van der Waals surface area contributed by atoms with Gasteiger partial charge in [-0.1, -0.05) is 42.5 Å². The number of carbonyl (C=O) groups excluding carboxylic acids is 1. The van der Waals surface area contributed by atoms with Crippen LogP contribution in [-0.2, 0) is 4.74 Å². The van der Waals surface area contributed by atoms with Gasteiger partial charge in [0.2, 0.25) is 0 Å². The summed E-state index contributed by atoms with van der Waals surface area (Å²) in [6.45, 7) is 1.92. The molecule has 126 valence electrons. The van der Waals surface area contributed by atoms with Gasteiger partial charge in [-0.2, -0.15) is 10.3 Å². The molecule has 3 aromatic rings. The zero-order valence-electron chi connectivity index (χ0n) is 13.4. The van der Waals surface area contributed by atoms with E-state index in [9.17, 15) is 14.7 Å². The number of nitrogens with one attached hydrogen (secondary N) is 1. The van der Waals surface area contributed by atoms with Crippen molar-refractivity contribution in [3.63, 3.8) is 0 Å². The van der Waals surface area contributed by atoms with E-state index in [4.69, 9.17) is 4.74 Å². The van der Waals surface area contributed by atoms with E-state index < -0.39 is 11.9 Å². The van der Waals surface area contributed by atoms with E-state index in [2.05, 4.69) is 15.4 Å². The number of H-pyrrole nitrogens is 1. The first-order valence-corrected chi connectivity index (χ1v) is 7.63. The number of rotatable bonds is 5. The Labute approximate surface area is 143 Å². The molecule has 0 bridgehead atoms. The lowest BCUT2D eigenvalue weighted by molar-refractivity contribution is 0.0519. The molecule has 1 aromatic heterocycles. The van der Waals surface area contributed by atoms with E-state index in [0.29, 0.717) is 22.4 Å². The predicted molar refractivity (Wildman–Crippen MR) is 90.2 cm³/mol. The predicted octanol–water partition coefficient (Wildman–Crippen LogP) is 3.01. The maximum atomic E-state index is 12.1. The summed E-state index contributed by atoms with van der Waals surface area (Å²) < 4.78 is 5.00. The van der Waals surface area contributed by atoms with Crippen molar-refractivity contribution >= 4 is 11.9 Å². The monoisotopic (exact) mass is 337 g/mol. The molecule has 0 atom stereocenters. The van der Waals surface area contributed by atoms with Gasteiger partial charge in [0.05, 0.1) is 12.2 Å². The molecule has 3 rings (SSSR count). The first kappa shape index (κ1) is 16.4. The first-order valence-electron chi connectivity index (χ1n) is 7.63. The van der Waals surface area contributed by atoms with Crippen LogP contribution >= 0.6 is 0 Å². The van der Waals surface area contributed by atoms with Crippen molar-refractivity contribution in [2.24, 2.45) is 0 Å². The summed E-state index contributed by atoms with van der Waals surface area (Å²) in [6, 6.07) is 13.8. The summed E-state index contributed by atoms with van der Waals surface area (Å²) in [5.74, 6) is -1.62. The van der Waals surface area contributed by atoms with Crippen LogP contribution < -0.4 is 0 Å². The minimum Gasteiger partial charge on any atom is -0.478 e. The fourth-order valence-electron chi connectivity index (χ4n) is 2.59. The van der Waals surface area contributed by atoms with E-state index in [0.717, 1.165) is 0 Å². The molecule has 7 heteroatoms. The van der Waals surface area contributed by atoms with E-state index in [1.54, 1.807) is 49.4 Å². The molecule has 0 unspecified atom stereocenters. The molecule has 2 N–H and O–H groups in total. The topological polar surface area (TPSA) is 105 Å². The number of aromatic nitrogens is 3. The van der Waals surface area contributed by atoms with Gasteiger partial charge in [0.15, 0.2) is 5.69 Å². The molecule has 0 aliphatic rings. The van der Waals surface area contributed by atoms with Gasteiger partial charge in [0.1, 0.15) is 5.69 Å². The molecule has 0 saturated heterocycles. The molecular weight excluding hydrogens is 322 g/mol. The van der Waals surface area contributed by atoms with Gasteiger partial charge in [0, 0.05) is 5.56 Å². The van der Waals surface area contributed by atoms with Crippen molar-refractivity contribution < 1.29 is 19.4 Å². The third kappa shape index (κ3) is 3.12. The third-order valence-electron chi connectivity index (χ3n) is 3.65. The highest BCUT2D eigenvalue weighted by Gasteiger charge is 2.22. The molecule has 25 heavy (non-hydrogen) atoms. The number of aromatic carboxylic acids is 1. The number of carboxylic acid groups (broad SMARTS) is 1. The second kappa shape index (κ2) is 6.96. The van der Waals surface area contributed by atoms with Crippen LogP contribution in [-0.4, -0.2) is 39.1 Å². The van der Waals surface area contributed by atoms with Crippen molar-refractivity contribution in [1.82, 2.24) is 15.4 Å². The number of hydrogen-bond acceptors (Lipinski definition) is 5. The van der Waals surface area contributed by atoms with Gasteiger partial charge < -0.3 is 9.84 Å². The Morgan fingerprint density at radius 2 is 1.64 bits per heavy atom. The fraction of sp³-hybridized carbons (Fsp3) is 0.111. The SMILES string of the molecule is CCOC(=O)c1n[nH]nc1-c1ccccc1-c1ccccc1C(=O)O. The van der Waals surface area contributed by atoms with Crippen molar-refractivity contribution in [1.29, 1.82) is 0 Å². The highest BCUT2D eigenvalue weighted by Crippen LogP contribution is 2.34. The zero-order chi connectivity index (χ0) is 17.8. The van der Waals surface area contributed by atoms with Gasteiger partial charge in [0.25, 0.3) is 0 Å². The van der Waals surface area contributed by atoms with E-state index in [1.165, 1.54) is 6.07 Å². The molecule has 0 aliphatic carbocycles. The van der Waals surface area contributed by atoms with E-state index in [-0.39, 0.29) is 17.9 Å². The van der Waals surface area contributed by atoms with Gasteiger partial charge >= 0.3 is 11.9 Å². The second-order valence-electron chi connectivity index (χ2n) is 5.14. The van der Waals surface area contributed by atoms with Crippen LogP contribution in [0.2, 0.25) is 0 Å².